The van der Waals surface area contributed by atoms with E-state index in [0.717, 1.165) is 33.9 Å². The van der Waals surface area contributed by atoms with Crippen molar-refractivity contribution in [3.8, 4) is 33.9 Å². The first-order valence-corrected chi connectivity index (χ1v) is 6.82. The van der Waals surface area contributed by atoms with Gasteiger partial charge in [0.15, 0.2) is 11.5 Å². The molecule has 0 saturated carbocycles. The summed E-state index contributed by atoms with van der Waals surface area (Å²) in [7, 11) is 0. The molecule has 0 aliphatic carbocycles. The Morgan fingerprint density at radius 3 is 2.43 bits per heavy atom. The van der Waals surface area contributed by atoms with Gasteiger partial charge in [0.25, 0.3) is 0 Å². The van der Waals surface area contributed by atoms with Crippen LogP contribution in [-0.4, -0.2) is 11.8 Å². The summed E-state index contributed by atoms with van der Waals surface area (Å²) in [5.41, 5.74) is 4.30. The second-order valence-electron chi connectivity index (χ2n) is 4.83. The lowest BCUT2D eigenvalue weighted by atomic mass is 9.97. The molecule has 0 saturated heterocycles. The molecule has 3 aromatic rings. The van der Waals surface area contributed by atoms with Crippen LogP contribution in [0.5, 0.6) is 11.5 Å². The number of nitrogens with zero attached hydrogens (tertiary/aromatic N) is 1. The zero-order valence-corrected chi connectivity index (χ0v) is 11.3. The molecule has 1 aliphatic rings. The van der Waals surface area contributed by atoms with E-state index in [1.807, 2.05) is 48.7 Å². The molecule has 0 spiro atoms. The highest BCUT2D eigenvalue weighted by Crippen LogP contribution is 2.38. The molecule has 21 heavy (non-hydrogen) atoms. The van der Waals surface area contributed by atoms with Crippen molar-refractivity contribution >= 4 is 0 Å². The van der Waals surface area contributed by atoms with Crippen LogP contribution in [0.2, 0.25) is 0 Å². The van der Waals surface area contributed by atoms with Crippen LogP contribution in [0.3, 0.4) is 0 Å². The Balaban J connectivity index is 1.86. The predicted molar refractivity (Wildman–Crippen MR) is 81.2 cm³/mol. The van der Waals surface area contributed by atoms with Crippen LogP contribution in [0.25, 0.3) is 22.4 Å². The third kappa shape index (κ3) is 2.13. The molecule has 0 radical (unpaired) electrons. The fourth-order valence-corrected chi connectivity index (χ4v) is 2.54. The molecule has 3 heteroatoms. The van der Waals surface area contributed by atoms with Gasteiger partial charge in [-0.05, 0) is 35.4 Å². The van der Waals surface area contributed by atoms with Gasteiger partial charge < -0.3 is 9.47 Å². The van der Waals surface area contributed by atoms with Crippen molar-refractivity contribution in [1.29, 1.82) is 0 Å². The maximum atomic E-state index is 5.47. The summed E-state index contributed by atoms with van der Waals surface area (Å²) < 4.78 is 10.8. The van der Waals surface area contributed by atoms with E-state index in [2.05, 4.69) is 23.2 Å². The highest BCUT2D eigenvalue weighted by molar-refractivity contribution is 5.82. The van der Waals surface area contributed by atoms with Crippen LogP contribution >= 0.6 is 0 Å². The highest BCUT2D eigenvalue weighted by atomic mass is 16.7. The molecule has 4 rings (SSSR count). The molecule has 1 aromatic heterocycles. The van der Waals surface area contributed by atoms with Gasteiger partial charge in [0.2, 0.25) is 6.79 Å². The Bertz CT molecular complexity index is 784. The Morgan fingerprint density at radius 1 is 0.762 bits per heavy atom. The maximum Gasteiger partial charge on any atom is 0.231 e. The van der Waals surface area contributed by atoms with E-state index in [1.54, 1.807) is 0 Å². The lowest BCUT2D eigenvalue weighted by Crippen LogP contribution is -1.92. The third-order valence-electron chi connectivity index (χ3n) is 3.55. The van der Waals surface area contributed by atoms with E-state index in [4.69, 9.17) is 9.47 Å². The fourth-order valence-electron chi connectivity index (χ4n) is 2.54. The molecular weight excluding hydrogens is 262 g/mol. The normalized spacial score (nSPS) is 12.4. The summed E-state index contributed by atoms with van der Waals surface area (Å²) >= 11 is 0. The average molecular weight is 275 g/mol. The van der Waals surface area contributed by atoms with E-state index >= 15 is 0 Å². The number of hydrogen-bond acceptors (Lipinski definition) is 3. The molecule has 0 atom stereocenters. The molecule has 2 aromatic carbocycles. The number of aromatic nitrogens is 1. The summed E-state index contributed by atoms with van der Waals surface area (Å²) in [5, 5.41) is 0. The first-order valence-electron chi connectivity index (χ1n) is 6.82. The van der Waals surface area contributed by atoms with E-state index in [9.17, 15) is 0 Å². The summed E-state index contributed by atoms with van der Waals surface area (Å²) in [5.74, 6) is 1.59. The standard InChI is InChI=1S/C18H13NO2/c1-2-6-15(16-7-3-4-10-19-16)14(5-1)13-8-9-17-18(11-13)21-12-20-17/h1-11H,12H2. The minimum absolute atomic E-state index is 0.292. The van der Waals surface area contributed by atoms with Crippen molar-refractivity contribution in [2.24, 2.45) is 0 Å². The summed E-state index contributed by atoms with van der Waals surface area (Å²) in [4.78, 5) is 4.45. The first-order chi connectivity index (χ1) is 10.4. The van der Waals surface area contributed by atoms with Crippen molar-refractivity contribution < 1.29 is 9.47 Å². The second kappa shape index (κ2) is 4.94. The average Bonchev–Trinajstić information content (AvgIpc) is 3.03. The number of ether oxygens (including phenoxy) is 2. The van der Waals surface area contributed by atoms with Crippen molar-refractivity contribution in [2.45, 2.75) is 0 Å². The van der Waals surface area contributed by atoms with Gasteiger partial charge in [0, 0.05) is 11.8 Å². The van der Waals surface area contributed by atoms with Crippen molar-refractivity contribution in [3.05, 3.63) is 66.9 Å². The van der Waals surface area contributed by atoms with Gasteiger partial charge in [-0.15, -0.1) is 0 Å². The molecule has 0 N–H and O–H groups in total. The van der Waals surface area contributed by atoms with Crippen LogP contribution in [0, 0.1) is 0 Å². The second-order valence-corrected chi connectivity index (χ2v) is 4.83. The molecule has 0 amide bonds. The lowest BCUT2D eigenvalue weighted by molar-refractivity contribution is 0.174. The molecule has 3 nitrogen and oxygen atoms in total. The SMILES string of the molecule is c1ccc(-c2ccccc2-c2ccc3c(c2)OCO3)nc1. The minimum Gasteiger partial charge on any atom is -0.454 e. The molecule has 1 aliphatic heterocycles. The largest absolute Gasteiger partial charge is 0.454 e. The van der Waals surface area contributed by atoms with E-state index in [0.29, 0.717) is 6.79 Å². The van der Waals surface area contributed by atoms with Crippen LogP contribution in [0.1, 0.15) is 0 Å². The van der Waals surface area contributed by atoms with Crippen LogP contribution in [0.4, 0.5) is 0 Å². The maximum absolute atomic E-state index is 5.47. The number of benzene rings is 2. The molecule has 2 heterocycles. The molecular formula is C18H13NO2. The Hall–Kier alpha value is -2.81. The van der Waals surface area contributed by atoms with E-state index in [1.165, 1.54) is 0 Å². The van der Waals surface area contributed by atoms with Crippen molar-refractivity contribution in [1.82, 2.24) is 4.98 Å². The molecule has 102 valence electrons. The van der Waals surface area contributed by atoms with E-state index < -0.39 is 0 Å². The van der Waals surface area contributed by atoms with Crippen LogP contribution in [0.15, 0.2) is 66.9 Å². The van der Waals surface area contributed by atoms with Crippen molar-refractivity contribution in [3.63, 3.8) is 0 Å². The molecule has 0 unspecified atom stereocenters. The Kier molecular flexibility index (Phi) is 2.82. The minimum atomic E-state index is 0.292. The molecule has 0 bridgehead atoms. The summed E-state index contributed by atoms with van der Waals surface area (Å²) in [6.07, 6.45) is 1.81. The first kappa shape index (κ1) is 12.0. The van der Waals surface area contributed by atoms with Gasteiger partial charge in [0.1, 0.15) is 0 Å². The van der Waals surface area contributed by atoms with Gasteiger partial charge >= 0.3 is 0 Å². The highest BCUT2D eigenvalue weighted by Gasteiger charge is 2.15. The van der Waals surface area contributed by atoms with Gasteiger partial charge in [-0.3, -0.25) is 4.98 Å². The number of hydrogen-bond donors (Lipinski definition) is 0. The van der Waals surface area contributed by atoms with Gasteiger partial charge in [-0.1, -0.05) is 36.4 Å². The zero-order valence-electron chi connectivity index (χ0n) is 11.3. The van der Waals surface area contributed by atoms with Crippen LogP contribution < -0.4 is 9.47 Å². The fraction of sp³-hybridized carbons (Fsp3) is 0.0556. The zero-order chi connectivity index (χ0) is 14.1. The Morgan fingerprint density at radius 2 is 1.57 bits per heavy atom. The van der Waals surface area contributed by atoms with Crippen molar-refractivity contribution in [2.75, 3.05) is 6.79 Å². The topological polar surface area (TPSA) is 31.4 Å². The van der Waals surface area contributed by atoms with Gasteiger partial charge in [-0.2, -0.15) is 0 Å². The number of fused-ring (bicyclic) bond motifs is 1. The quantitative estimate of drug-likeness (QED) is 0.704. The number of rotatable bonds is 2. The summed E-state index contributed by atoms with van der Waals surface area (Å²) in [6, 6.07) is 20.2. The number of pyridine rings is 1. The van der Waals surface area contributed by atoms with Gasteiger partial charge in [-0.25, -0.2) is 0 Å². The Labute approximate surface area is 122 Å². The smallest absolute Gasteiger partial charge is 0.231 e. The molecule has 0 fully saturated rings. The summed E-state index contributed by atoms with van der Waals surface area (Å²) in [6.45, 7) is 0.292. The lowest BCUT2D eigenvalue weighted by Gasteiger charge is -2.10. The van der Waals surface area contributed by atoms with Gasteiger partial charge in [0.05, 0.1) is 5.69 Å². The third-order valence-corrected chi connectivity index (χ3v) is 3.55. The van der Waals surface area contributed by atoms with E-state index in [-0.39, 0.29) is 0 Å². The predicted octanol–water partition coefficient (Wildman–Crippen LogP) is 4.14. The monoisotopic (exact) mass is 275 g/mol. The van der Waals surface area contributed by atoms with Crippen LogP contribution in [-0.2, 0) is 0 Å².